The van der Waals surface area contributed by atoms with Crippen LogP contribution in [-0.4, -0.2) is 15.0 Å². The van der Waals surface area contributed by atoms with E-state index in [1.807, 2.05) is 48.5 Å². The number of imidazole rings is 1. The summed E-state index contributed by atoms with van der Waals surface area (Å²) in [5.41, 5.74) is 2.44. The van der Waals surface area contributed by atoms with Crippen LogP contribution in [0, 0.1) is 0 Å². The topological polar surface area (TPSA) is 63.9 Å². The first kappa shape index (κ1) is 12.6. The van der Waals surface area contributed by atoms with Gasteiger partial charge in [-0.05, 0) is 30.3 Å². The summed E-state index contributed by atoms with van der Waals surface area (Å²) in [7, 11) is 0. The standard InChI is InChI=1S/C17H13N3O2/c1-2-5-13(6-3-1)22-11-16-19-14-9-12(10-18-17(14)20-16)15-7-4-8-21-15/h1-10H,11H2,(H,18,19,20). The summed E-state index contributed by atoms with van der Waals surface area (Å²) in [6.07, 6.45) is 3.40. The van der Waals surface area contributed by atoms with Gasteiger partial charge in [0, 0.05) is 11.8 Å². The van der Waals surface area contributed by atoms with Crippen molar-refractivity contribution >= 4 is 11.2 Å². The molecule has 0 radical (unpaired) electrons. The summed E-state index contributed by atoms with van der Waals surface area (Å²) in [6.45, 7) is 0.371. The van der Waals surface area contributed by atoms with Crippen molar-refractivity contribution in [3.05, 3.63) is 66.8 Å². The fraction of sp³-hybridized carbons (Fsp3) is 0.0588. The first-order valence-electron chi connectivity index (χ1n) is 6.95. The lowest BCUT2D eigenvalue weighted by Crippen LogP contribution is -1.96. The number of nitrogens with one attached hydrogen (secondary N) is 1. The van der Waals surface area contributed by atoms with Crippen molar-refractivity contribution in [2.45, 2.75) is 6.61 Å². The number of H-pyrrole nitrogens is 1. The molecule has 1 aromatic carbocycles. The molecule has 0 fully saturated rings. The van der Waals surface area contributed by atoms with Gasteiger partial charge in [-0.15, -0.1) is 0 Å². The lowest BCUT2D eigenvalue weighted by atomic mass is 10.2. The second-order valence-electron chi connectivity index (χ2n) is 4.86. The fourth-order valence-electron chi connectivity index (χ4n) is 2.26. The summed E-state index contributed by atoms with van der Waals surface area (Å²) in [5.74, 6) is 2.33. The second kappa shape index (κ2) is 5.37. The zero-order valence-corrected chi connectivity index (χ0v) is 11.7. The Balaban J connectivity index is 1.58. The predicted octanol–water partition coefficient (Wildman–Crippen LogP) is 3.80. The number of pyridine rings is 1. The summed E-state index contributed by atoms with van der Waals surface area (Å²) in [6, 6.07) is 15.4. The van der Waals surface area contributed by atoms with Gasteiger partial charge in [-0.1, -0.05) is 18.2 Å². The summed E-state index contributed by atoms with van der Waals surface area (Å²) in [4.78, 5) is 12.0. The number of rotatable bonds is 4. The molecule has 108 valence electrons. The molecule has 0 atom stereocenters. The Bertz CT molecular complexity index is 883. The third-order valence-corrected chi connectivity index (χ3v) is 3.31. The number of fused-ring (bicyclic) bond motifs is 1. The van der Waals surface area contributed by atoms with E-state index in [4.69, 9.17) is 9.15 Å². The van der Waals surface area contributed by atoms with E-state index in [1.54, 1.807) is 12.5 Å². The number of nitrogens with zero attached hydrogens (tertiary/aromatic N) is 2. The Morgan fingerprint density at radius 2 is 2.00 bits per heavy atom. The van der Waals surface area contributed by atoms with Crippen LogP contribution in [0.15, 0.2) is 65.4 Å². The SMILES string of the molecule is c1ccc(OCc2nc3ncc(-c4ccco4)cc3[nH]2)cc1. The van der Waals surface area contributed by atoms with Crippen LogP contribution in [-0.2, 0) is 6.61 Å². The van der Waals surface area contributed by atoms with Crippen LogP contribution in [0.25, 0.3) is 22.5 Å². The Kier molecular flexibility index (Phi) is 3.08. The Morgan fingerprint density at radius 3 is 2.82 bits per heavy atom. The highest BCUT2D eigenvalue weighted by Gasteiger charge is 2.08. The predicted molar refractivity (Wildman–Crippen MR) is 82.4 cm³/mol. The van der Waals surface area contributed by atoms with E-state index in [0.717, 1.165) is 28.4 Å². The van der Waals surface area contributed by atoms with Gasteiger partial charge in [-0.3, -0.25) is 0 Å². The smallest absolute Gasteiger partial charge is 0.177 e. The van der Waals surface area contributed by atoms with Crippen LogP contribution in [0.2, 0.25) is 0 Å². The first-order chi connectivity index (χ1) is 10.9. The number of benzene rings is 1. The quantitative estimate of drug-likeness (QED) is 0.621. The molecule has 22 heavy (non-hydrogen) atoms. The minimum atomic E-state index is 0.371. The number of ether oxygens (including phenoxy) is 1. The molecule has 0 aliphatic carbocycles. The lowest BCUT2D eigenvalue weighted by Gasteiger charge is -2.02. The molecular formula is C17H13N3O2. The van der Waals surface area contributed by atoms with Gasteiger partial charge in [0.05, 0.1) is 11.8 Å². The number of furan rings is 1. The molecule has 3 heterocycles. The van der Waals surface area contributed by atoms with E-state index >= 15 is 0 Å². The Labute approximate surface area is 126 Å². The minimum absolute atomic E-state index is 0.371. The molecule has 0 saturated carbocycles. The zero-order chi connectivity index (χ0) is 14.8. The highest BCUT2D eigenvalue weighted by Crippen LogP contribution is 2.22. The second-order valence-corrected chi connectivity index (χ2v) is 4.86. The zero-order valence-electron chi connectivity index (χ0n) is 11.7. The van der Waals surface area contributed by atoms with E-state index in [2.05, 4.69) is 15.0 Å². The van der Waals surface area contributed by atoms with E-state index in [1.165, 1.54) is 0 Å². The highest BCUT2D eigenvalue weighted by molar-refractivity contribution is 5.76. The molecule has 5 heteroatoms. The van der Waals surface area contributed by atoms with E-state index in [9.17, 15) is 0 Å². The van der Waals surface area contributed by atoms with Crippen LogP contribution >= 0.6 is 0 Å². The van der Waals surface area contributed by atoms with Gasteiger partial charge >= 0.3 is 0 Å². The maximum absolute atomic E-state index is 5.68. The van der Waals surface area contributed by atoms with E-state index in [0.29, 0.717) is 12.3 Å². The molecule has 1 N–H and O–H groups in total. The van der Waals surface area contributed by atoms with Crippen molar-refractivity contribution in [1.29, 1.82) is 0 Å². The van der Waals surface area contributed by atoms with Crippen LogP contribution in [0.5, 0.6) is 5.75 Å². The summed E-state index contributed by atoms with van der Waals surface area (Å²) in [5, 5.41) is 0. The van der Waals surface area contributed by atoms with Gasteiger partial charge < -0.3 is 14.1 Å². The van der Waals surface area contributed by atoms with Crippen molar-refractivity contribution in [2.24, 2.45) is 0 Å². The van der Waals surface area contributed by atoms with Crippen molar-refractivity contribution in [3.8, 4) is 17.1 Å². The molecule has 0 bridgehead atoms. The van der Waals surface area contributed by atoms with Crippen LogP contribution < -0.4 is 4.74 Å². The number of aromatic nitrogens is 3. The van der Waals surface area contributed by atoms with E-state index < -0.39 is 0 Å². The first-order valence-corrected chi connectivity index (χ1v) is 6.95. The van der Waals surface area contributed by atoms with Crippen LogP contribution in [0.4, 0.5) is 0 Å². The van der Waals surface area contributed by atoms with E-state index in [-0.39, 0.29) is 0 Å². The molecule has 0 aliphatic heterocycles. The molecule has 0 saturated heterocycles. The molecule has 5 nitrogen and oxygen atoms in total. The summed E-state index contributed by atoms with van der Waals surface area (Å²) < 4.78 is 11.1. The minimum Gasteiger partial charge on any atom is -0.486 e. The molecule has 4 rings (SSSR count). The molecule has 3 aromatic heterocycles. The molecule has 0 spiro atoms. The molecule has 0 unspecified atom stereocenters. The van der Waals surface area contributed by atoms with Gasteiger partial charge in [0.2, 0.25) is 0 Å². The van der Waals surface area contributed by atoms with Gasteiger partial charge in [-0.25, -0.2) is 9.97 Å². The molecule has 0 amide bonds. The normalized spacial score (nSPS) is 10.9. The van der Waals surface area contributed by atoms with Crippen LogP contribution in [0.3, 0.4) is 0 Å². The third-order valence-electron chi connectivity index (χ3n) is 3.31. The van der Waals surface area contributed by atoms with Gasteiger partial charge in [0.15, 0.2) is 5.65 Å². The largest absolute Gasteiger partial charge is 0.486 e. The number of para-hydroxylation sites is 1. The number of hydrogen-bond donors (Lipinski definition) is 1. The average molecular weight is 291 g/mol. The van der Waals surface area contributed by atoms with Crippen molar-refractivity contribution in [1.82, 2.24) is 15.0 Å². The highest BCUT2D eigenvalue weighted by atomic mass is 16.5. The number of hydrogen-bond acceptors (Lipinski definition) is 4. The average Bonchev–Trinajstić information content (AvgIpc) is 3.22. The molecular weight excluding hydrogens is 278 g/mol. The lowest BCUT2D eigenvalue weighted by molar-refractivity contribution is 0.297. The molecule has 0 aliphatic rings. The summed E-state index contributed by atoms with van der Waals surface area (Å²) >= 11 is 0. The van der Waals surface area contributed by atoms with Crippen molar-refractivity contribution in [2.75, 3.05) is 0 Å². The monoisotopic (exact) mass is 291 g/mol. The Hall–Kier alpha value is -3.08. The van der Waals surface area contributed by atoms with Crippen LogP contribution in [0.1, 0.15) is 5.82 Å². The maximum atomic E-state index is 5.68. The van der Waals surface area contributed by atoms with Gasteiger partial charge in [-0.2, -0.15) is 0 Å². The maximum Gasteiger partial charge on any atom is 0.177 e. The Morgan fingerprint density at radius 1 is 1.09 bits per heavy atom. The van der Waals surface area contributed by atoms with Crippen molar-refractivity contribution in [3.63, 3.8) is 0 Å². The van der Waals surface area contributed by atoms with Crippen molar-refractivity contribution < 1.29 is 9.15 Å². The fourth-order valence-corrected chi connectivity index (χ4v) is 2.26. The number of aromatic amines is 1. The van der Waals surface area contributed by atoms with Gasteiger partial charge in [0.1, 0.15) is 23.9 Å². The third kappa shape index (κ3) is 2.44. The van der Waals surface area contributed by atoms with Gasteiger partial charge in [0.25, 0.3) is 0 Å². The molecule has 4 aromatic rings.